The van der Waals surface area contributed by atoms with Crippen LogP contribution in [0.5, 0.6) is 0 Å². The van der Waals surface area contributed by atoms with Gasteiger partial charge in [0.2, 0.25) is 0 Å². The Hall–Kier alpha value is -2.70. The lowest BCUT2D eigenvalue weighted by Gasteiger charge is -2.11. The number of nitrogens with zero attached hydrogens (tertiary/aromatic N) is 3. The van der Waals surface area contributed by atoms with Crippen molar-refractivity contribution in [1.82, 2.24) is 20.3 Å². The van der Waals surface area contributed by atoms with Gasteiger partial charge in [0.15, 0.2) is 5.69 Å². The van der Waals surface area contributed by atoms with Crippen molar-refractivity contribution in [2.24, 2.45) is 0 Å². The van der Waals surface area contributed by atoms with Crippen molar-refractivity contribution in [3.05, 3.63) is 41.7 Å². The lowest BCUT2D eigenvalue weighted by Crippen LogP contribution is -2.43. The van der Waals surface area contributed by atoms with Crippen LogP contribution in [0.3, 0.4) is 0 Å². The monoisotopic (exact) mass is 286 g/mol. The molecular formula is C14H14N4O3. The lowest BCUT2D eigenvalue weighted by molar-refractivity contribution is -0.140. The van der Waals surface area contributed by atoms with E-state index in [0.717, 1.165) is 5.69 Å². The molecule has 1 heterocycles. The molecule has 1 aliphatic rings. The summed E-state index contributed by atoms with van der Waals surface area (Å²) in [5.41, 5.74) is 0.382. The molecule has 0 bridgehead atoms. The maximum atomic E-state index is 12.2. The summed E-state index contributed by atoms with van der Waals surface area (Å²) in [6.45, 7) is 1.72. The number of carbonyl (C=O) groups is 2. The number of aliphatic carboxylic acids is 1. The minimum atomic E-state index is -1.12. The summed E-state index contributed by atoms with van der Waals surface area (Å²) in [6, 6.07) is 9.30. The molecule has 1 aliphatic carbocycles. The summed E-state index contributed by atoms with van der Waals surface area (Å²) >= 11 is 0. The fraction of sp³-hybridized carbons (Fsp3) is 0.286. The van der Waals surface area contributed by atoms with E-state index in [0.29, 0.717) is 18.5 Å². The van der Waals surface area contributed by atoms with Crippen LogP contribution in [0, 0.1) is 6.92 Å². The number of hydrogen-bond donors (Lipinski definition) is 2. The molecule has 1 aromatic heterocycles. The van der Waals surface area contributed by atoms with Crippen molar-refractivity contribution < 1.29 is 14.7 Å². The van der Waals surface area contributed by atoms with E-state index in [-0.39, 0.29) is 5.69 Å². The second kappa shape index (κ2) is 4.69. The molecule has 108 valence electrons. The third-order valence-electron chi connectivity index (χ3n) is 3.62. The molecule has 0 atom stereocenters. The predicted octanol–water partition coefficient (Wildman–Crippen LogP) is 0.923. The second-order valence-corrected chi connectivity index (χ2v) is 5.11. The minimum Gasteiger partial charge on any atom is -0.480 e. The van der Waals surface area contributed by atoms with Gasteiger partial charge in [-0.25, -0.2) is 9.48 Å². The average molecular weight is 286 g/mol. The van der Waals surface area contributed by atoms with Gasteiger partial charge < -0.3 is 10.4 Å². The Morgan fingerprint density at radius 2 is 1.95 bits per heavy atom. The number of benzene rings is 1. The van der Waals surface area contributed by atoms with E-state index in [1.165, 1.54) is 0 Å². The summed E-state index contributed by atoms with van der Waals surface area (Å²) in [4.78, 5) is 23.3. The third kappa shape index (κ3) is 2.26. The van der Waals surface area contributed by atoms with Gasteiger partial charge in [0, 0.05) is 0 Å². The molecule has 0 radical (unpaired) electrons. The van der Waals surface area contributed by atoms with Crippen molar-refractivity contribution in [2.75, 3.05) is 0 Å². The predicted molar refractivity (Wildman–Crippen MR) is 73.2 cm³/mol. The van der Waals surface area contributed by atoms with Crippen molar-refractivity contribution >= 4 is 11.9 Å². The van der Waals surface area contributed by atoms with Gasteiger partial charge in [0.25, 0.3) is 5.91 Å². The maximum absolute atomic E-state index is 12.2. The van der Waals surface area contributed by atoms with Crippen LogP contribution in [0.4, 0.5) is 0 Å². The Morgan fingerprint density at radius 3 is 2.52 bits per heavy atom. The van der Waals surface area contributed by atoms with E-state index in [1.54, 1.807) is 11.6 Å². The molecule has 1 amide bonds. The van der Waals surface area contributed by atoms with Crippen LogP contribution in [-0.4, -0.2) is 37.5 Å². The number of rotatable bonds is 4. The molecule has 0 spiro atoms. The summed E-state index contributed by atoms with van der Waals surface area (Å²) in [6.07, 6.45) is 0.889. The molecule has 1 saturated carbocycles. The Labute approximate surface area is 120 Å². The van der Waals surface area contributed by atoms with E-state index in [1.807, 2.05) is 30.3 Å². The average Bonchev–Trinajstić information content (AvgIpc) is 3.15. The van der Waals surface area contributed by atoms with E-state index in [9.17, 15) is 9.59 Å². The Balaban J connectivity index is 1.86. The van der Waals surface area contributed by atoms with Crippen LogP contribution in [-0.2, 0) is 4.79 Å². The van der Waals surface area contributed by atoms with Crippen molar-refractivity contribution in [3.8, 4) is 5.69 Å². The molecule has 1 fully saturated rings. The van der Waals surface area contributed by atoms with E-state index in [4.69, 9.17) is 5.11 Å². The molecular weight excluding hydrogens is 272 g/mol. The van der Waals surface area contributed by atoms with Crippen LogP contribution in [0.25, 0.3) is 5.69 Å². The van der Waals surface area contributed by atoms with E-state index < -0.39 is 17.4 Å². The first-order valence-electron chi connectivity index (χ1n) is 6.57. The smallest absolute Gasteiger partial charge is 0.329 e. The number of carbonyl (C=O) groups excluding carboxylic acids is 1. The first-order chi connectivity index (χ1) is 10.0. The fourth-order valence-corrected chi connectivity index (χ4v) is 2.15. The molecule has 0 saturated heterocycles. The normalized spacial score (nSPS) is 15.5. The molecule has 0 aliphatic heterocycles. The van der Waals surface area contributed by atoms with Gasteiger partial charge in [-0.15, -0.1) is 5.10 Å². The van der Waals surface area contributed by atoms with Crippen LogP contribution in [0.2, 0.25) is 0 Å². The van der Waals surface area contributed by atoms with Crippen LogP contribution >= 0.6 is 0 Å². The molecule has 1 aromatic carbocycles. The molecule has 7 heteroatoms. The zero-order valence-corrected chi connectivity index (χ0v) is 11.4. The molecule has 3 rings (SSSR count). The molecule has 2 aromatic rings. The summed E-state index contributed by atoms with van der Waals surface area (Å²) < 4.78 is 1.55. The first-order valence-corrected chi connectivity index (χ1v) is 6.57. The SMILES string of the molecule is Cc1c(C(=O)NC2(C(=O)O)CC2)nnn1-c1ccccc1. The highest BCUT2D eigenvalue weighted by molar-refractivity contribution is 5.98. The quantitative estimate of drug-likeness (QED) is 0.871. The Morgan fingerprint density at radius 1 is 1.29 bits per heavy atom. The zero-order valence-electron chi connectivity index (χ0n) is 11.4. The van der Waals surface area contributed by atoms with Gasteiger partial charge in [0.1, 0.15) is 5.54 Å². The number of aromatic nitrogens is 3. The number of nitrogens with one attached hydrogen (secondary N) is 1. The summed E-state index contributed by atoms with van der Waals surface area (Å²) in [5.74, 6) is -1.52. The van der Waals surface area contributed by atoms with E-state index >= 15 is 0 Å². The lowest BCUT2D eigenvalue weighted by atomic mass is 10.2. The first kappa shape index (κ1) is 13.3. The molecule has 2 N–H and O–H groups in total. The summed E-state index contributed by atoms with van der Waals surface area (Å²) in [5, 5.41) is 19.5. The number of carboxylic acids is 1. The van der Waals surface area contributed by atoms with Gasteiger partial charge in [-0.1, -0.05) is 23.4 Å². The van der Waals surface area contributed by atoms with Crippen molar-refractivity contribution in [3.63, 3.8) is 0 Å². The van der Waals surface area contributed by atoms with Gasteiger partial charge in [0.05, 0.1) is 11.4 Å². The standard InChI is InChI=1S/C14H14N4O3/c1-9-11(12(19)15-14(7-8-14)13(20)21)16-17-18(9)10-5-3-2-4-6-10/h2-6H,7-8H2,1H3,(H,15,19)(H,20,21). The van der Waals surface area contributed by atoms with Crippen molar-refractivity contribution in [2.45, 2.75) is 25.3 Å². The Bertz CT molecular complexity index is 704. The highest BCUT2D eigenvalue weighted by Crippen LogP contribution is 2.35. The second-order valence-electron chi connectivity index (χ2n) is 5.11. The van der Waals surface area contributed by atoms with Gasteiger partial charge >= 0.3 is 5.97 Å². The maximum Gasteiger partial charge on any atom is 0.329 e. The third-order valence-corrected chi connectivity index (χ3v) is 3.62. The van der Waals surface area contributed by atoms with Crippen LogP contribution < -0.4 is 5.32 Å². The number of amides is 1. The van der Waals surface area contributed by atoms with E-state index in [2.05, 4.69) is 15.6 Å². The highest BCUT2D eigenvalue weighted by atomic mass is 16.4. The van der Waals surface area contributed by atoms with Crippen molar-refractivity contribution in [1.29, 1.82) is 0 Å². The minimum absolute atomic E-state index is 0.145. The molecule has 0 unspecified atom stereocenters. The number of para-hydroxylation sites is 1. The molecule has 21 heavy (non-hydrogen) atoms. The fourth-order valence-electron chi connectivity index (χ4n) is 2.15. The van der Waals surface area contributed by atoms with Gasteiger partial charge in [-0.2, -0.15) is 0 Å². The Kier molecular flexibility index (Phi) is 2.97. The largest absolute Gasteiger partial charge is 0.480 e. The number of carboxylic acid groups (broad SMARTS) is 1. The molecule has 7 nitrogen and oxygen atoms in total. The van der Waals surface area contributed by atoms with Gasteiger partial charge in [-0.3, -0.25) is 4.79 Å². The zero-order chi connectivity index (χ0) is 15.0. The highest BCUT2D eigenvalue weighted by Gasteiger charge is 2.52. The van der Waals surface area contributed by atoms with Crippen LogP contribution in [0.15, 0.2) is 30.3 Å². The van der Waals surface area contributed by atoms with Gasteiger partial charge in [-0.05, 0) is 31.9 Å². The summed E-state index contributed by atoms with van der Waals surface area (Å²) in [7, 11) is 0. The topological polar surface area (TPSA) is 97.1 Å². The number of hydrogen-bond acceptors (Lipinski definition) is 4. The van der Waals surface area contributed by atoms with Crippen LogP contribution in [0.1, 0.15) is 29.0 Å².